The number of hydrogen-bond acceptors (Lipinski definition) is 5. The van der Waals surface area contributed by atoms with Gasteiger partial charge in [-0.25, -0.2) is 9.59 Å². The Morgan fingerprint density at radius 2 is 1.18 bits per heavy atom. The third-order valence-corrected chi connectivity index (χ3v) is 11.2. The molecule has 0 spiro atoms. The Bertz CT molecular complexity index is 2410. The first-order chi connectivity index (χ1) is 30.5. The van der Waals surface area contributed by atoms with Crippen LogP contribution in [0, 0.1) is 5.92 Å². The number of aryl methyl sites for hydroxylation is 1. The highest BCUT2D eigenvalue weighted by molar-refractivity contribution is 6.33. The van der Waals surface area contributed by atoms with Gasteiger partial charge in [0.2, 0.25) is 0 Å². The molecule has 0 aromatic heterocycles. The monoisotopic (exact) mass is 977 g/mol. The lowest BCUT2D eigenvalue weighted by Crippen LogP contribution is -2.70. The van der Waals surface area contributed by atoms with Crippen LogP contribution in [0.3, 0.4) is 0 Å². The van der Waals surface area contributed by atoms with Crippen molar-refractivity contribution in [2.45, 2.75) is 114 Å². The minimum atomic E-state index is -8.03. The number of Topliss-reactive ketones (excluding diaryl/α,β-unsaturated/α-hetero) is 1. The molecule has 2 unspecified atom stereocenters. The Morgan fingerprint density at radius 1 is 0.672 bits per heavy atom. The van der Waals surface area contributed by atoms with Crippen LogP contribution in [0.1, 0.15) is 68.9 Å². The molecule has 3 aromatic rings. The summed E-state index contributed by atoms with van der Waals surface area (Å²) in [7, 11) is 0. The molecule has 22 heteroatoms. The zero-order valence-electron chi connectivity index (χ0n) is 35.7. The van der Waals surface area contributed by atoms with Crippen molar-refractivity contribution in [3.8, 4) is 0 Å². The lowest BCUT2D eigenvalue weighted by Gasteiger charge is -2.41. The van der Waals surface area contributed by atoms with E-state index in [1.807, 2.05) is 0 Å². The molecular formula is C45H39F16NO5. The minimum Gasteiger partial charge on any atom is -0.458 e. The van der Waals surface area contributed by atoms with E-state index in [9.17, 15) is 84.6 Å². The number of esters is 1. The fourth-order valence-electron chi connectivity index (χ4n) is 7.83. The van der Waals surface area contributed by atoms with Crippen LogP contribution in [0.15, 0.2) is 95.6 Å². The lowest BCUT2D eigenvalue weighted by atomic mass is 9.74. The van der Waals surface area contributed by atoms with Crippen LogP contribution >= 0.6 is 0 Å². The third-order valence-electron chi connectivity index (χ3n) is 11.2. The summed E-state index contributed by atoms with van der Waals surface area (Å²) >= 11 is 0. The highest BCUT2D eigenvalue weighted by atomic mass is 19.4. The number of hydrogen-bond donors (Lipinski definition) is 0. The smallest absolute Gasteiger partial charge is 0.458 e. The second-order valence-corrected chi connectivity index (χ2v) is 17.2. The summed E-state index contributed by atoms with van der Waals surface area (Å²) in [4.78, 5) is 44.5. The van der Waals surface area contributed by atoms with E-state index in [-0.39, 0.29) is 27.8 Å². The van der Waals surface area contributed by atoms with Gasteiger partial charge in [0.25, 0.3) is 0 Å². The van der Waals surface area contributed by atoms with Gasteiger partial charge in [-0.3, -0.25) is 9.69 Å². The summed E-state index contributed by atoms with van der Waals surface area (Å²) in [6, 6.07) is 15.7. The molecule has 0 radical (unpaired) electrons. The molecule has 6 nitrogen and oxygen atoms in total. The van der Waals surface area contributed by atoms with Gasteiger partial charge in [-0.1, -0.05) is 72.3 Å². The third kappa shape index (κ3) is 9.36. The Balaban J connectivity index is 1.48. The highest BCUT2D eigenvalue weighted by Gasteiger charge is 2.90. The summed E-state index contributed by atoms with van der Waals surface area (Å²) in [6.45, 7) is 6.51. The lowest BCUT2D eigenvalue weighted by molar-refractivity contribution is -0.440. The van der Waals surface area contributed by atoms with E-state index >= 15 is 0 Å². The number of benzene rings is 3. The first-order valence-electron chi connectivity index (χ1n) is 19.8. The van der Waals surface area contributed by atoms with Crippen LogP contribution < -0.4 is 0 Å². The van der Waals surface area contributed by atoms with Crippen LogP contribution in [0.4, 0.5) is 75.0 Å². The van der Waals surface area contributed by atoms with E-state index in [4.69, 9.17) is 9.47 Å². The van der Waals surface area contributed by atoms with Gasteiger partial charge >= 0.3 is 54.0 Å². The molecule has 2 atom stereocenters. The summed E-state index contributed by atoms with van der Waals surface area (Å²) in [5.74, 6) is -40.4. The molecular weight excluding hydrogens is 938 g/mol. The van der Waals surface area contributed by atoms with Crippen LogP contribution in [-0.4, -0.2) is 76.2 Å². The molecule has 1 aliphatic carbocycles. The van der Waals surface area contributed by atoms with Crippen molar-refractivity contribution < 1.29 is 94.1 Å². The number of carbonyl (C=O) groups excluding carboxylic acids is 3. The van der Waals surface area contributed by atoms with Gasteiger partial charge in [-0.05, 0) is 81.0 Å². The van der Waals surface area contributed by atoms with E-state index in [2.05, 4.69) is 0 Å². The zero-order valence-corrected chi connectivity index (χ0v) is 35.7. The second kappa shape index (κ2) is 17.5. The zero-order chi connectivity index (χ0) is 50.7. The molecule has 1 heterocycles. The fraction of sp³-hybridized carbons (Fsp3) is 0.444. The number of fused-ring (bicyclic) bond motifs is 1. The minimum absolute atomic E-state index is 0.00380. The summed E-state index contributed by atoms with van der Waals surface area (Å²) in [6.07, 6.45) is -17.9. The summed E-state index contributed by atoms with van der Waals surface area (Å²) < 4.78 is 229. The number of amides is 1. The van der Waals surface area contributed by atoms with Crippen molar-refractivity contribution in [2.75, 3.05) is 6.54 Å². The van der Waals surface area contributed by atoms with Gasteiger partial charge < -0.3 is 9.47 Å². The molecule has 5 rings (SSSR count). The largest absolute Gasteiger partial charge is 0.460 e. The number of carbonyl (C=O) groups is 3. The van der Waals surface area contributed by atoms with Crippen molar-refractivity contribution in [1.29, 1.82) is 0 Å². The number of ketones is 1. The number of halogens is 16. The molecule has 366 valence electrons. The Hall–Kier alpha value is -5.57. The molecule has 67 heavy (non-hydrogen) atoms. The Kier molecular flexibility index (Phi) is 13.7. The predicted octanol–water partition coefficient (Wildman–Crippen LogP) is 12.6. The topological polar surface area (TPSA) is 72.9 Å². The van der Waals surface area contributed by atoms with Crippen LogP contribution in [0.25, 0.3) is 5.57 Å². The van der Waals surface area contributed by atoms with Crippen LogP contribution in [0.5, 0.6) is 0 Å². The molecule has 1 amide bonds. The maximum Gasteiger partial charge on any atom is 0.460 e. The molecule has 1 fully saturated rings. The number of rotatable bonds is 13. The molecule has 0 saturated carbocycles. The van der Waals surface area contributed by atoms with E-state index in [0.717, 1.165) is 53.4 Å². The maximum absolute atomic E-state index is 14.8. The number of likely N-dealkylation sites (tertiary alicyclic amines) is 1. The molecule has 1 saturated heterocycles. The maximum atomic E-state index is 14.8. The van der Waals surface area contributed by atoms with Gasteiger partial charge in [0.05, 0.1) is 5.56 Å². The number of alkyl halides is 16. The van der Waals surface area contributed by atoms with E-state index in [1.165, 1.54) is 20.8 Å². The van der Waals surface area contributed by atoms with Gasteiger partial charge in [0.1, 0.15) is 12.2 Å². The van der Waals surface area contributed by atoms with E-state index in [1.54, 1.807) is 44.2 Å². The quantitative estimate of drug-likeness (QED) is 0.0969. The van der Waals surface area contributed by atoms with E-state index in [0.29, 0.717) is 11.1 Å². The highest BCUT2D eigenvalue weighted by Crippen LogP contribution is 2.61. The van der Waals surface area contributed by atoms with Gasteiger partial charge in [-0.15, -0.1) is 0 Å². The Morgan fingerprint density at radius 3 is 1.67 bits per heavy atom. The number of nitrogens with zero attached hydrogens (tertiary/aromatic N) is 1. The second-order valence-electron chi connectivity index (χ2n) is 17.2. The summed E-state index contributed by atoms with van der Waals surface area (Å²) in [5, 5.41) is 0. The molecule has 0 N–H and O–H groups in total. The van der Waals surface area contributed by atoms with Gasteiger partial charge in [0, 0.05) is 36.5 Å². The van der Waals surface area contributed by atoms with Crippen LogP contribution in [0.2, 0.25) is 0 Å². The molecule has 0 bridgehead atoms. The average molecular weight is 978 g/mol. The summed E-state index contributed by atoms with van der Waals surface area (Å²) in [5.41, 5.74) is -3.49. The van der Waals surface area contributed by atoms with E-state index < -0.39 is 120 Å². The molecule has 3 aromatic carbocycles. The first-order valence-corrected chi connectivity index (χ1v) is 19.8. The van der Waals surface area contributed by atoms with Crippen molar-refractivity contribution >= 4 is 23.4 Å². The molecule has 1 aliphatic heterocycles. The standard InChI is InChI=1S/C45H39F16NO5/c1-24(2)31-33-30(32(34(31)63)28-9-7-6-8-10-28)22-62(38(33,35(64)67-37(3,4)5)21-26-15-17-29(18-16-26)40(48,49)50)36(65)66-23-27-13-11-25(12-14-27)19-20-39(46,47)41(51,52)42(53,54)43(55,56)44(57,58)45(59,60)61/h6-18,33H,19-23H2,1-5H3. The molecule has 2 aliphatic rings. The number of ether oxygens (including phenoxy) is 2. The normalized spacial score (nSPS) is 18.9. The van der Waals surface area contributed by atoms with Crippen molar-refractivity contribution in [3.63, 3.8) is 0 Å². The van der Waals surface area contributed by atoms with Crippen LogP contribution in [-0.2, 0) is 44.7 Å². The van der Waals surface area contributed by atoms with Crippen molar-refractivity contribution in [3.05, 3.63) is 123 Å². The first kappa shape index (κ1) is 52.4. The van der Waals surface area contributed by atoms with Gasteiger partial charge in [-0.2, -0.15) is 70.2 Å². The predicted molar refractivity (Wildman–Crippen MR) is 206 cm³/mol. The number of allylic oxidation sites excluding steroid dienone is 2. The van der Waals surface area contributed by atoms with Crippen molar-refractivity contribution in [2.24, 2.45) is 5.92 Å². The SMILES string of the molecule is CC(C)=C1C(=O)C(c2ccccc2)=C2CN(C(=O)OCc3ccc(CCC(F)(F)C(F)(F)C(F)(F)C(F)(F)C(F)(F)C(F)(F)F)cc3)C(Cc3ccc(C(F)(F)F)cc3)(C(=O)OC(C)(C)C)C21. The van der Waals surface area contributed by atoms with Crippen molar-refractivity contribution in [1.82, 2.24) is 4.90 Å². The average Bonchev–Trinajstić information content (AvgIpc) is 3.69. The van der Waals surface area contributed by atoms with Gasteiger partial charge in [0.15, 0.2) is 11.3 Å². The Labute approximate surface area is 371 Å². The fourth-order valence-corrected chi connectivity index (χ4v) is 7.83.